The van der Waals surface area contributed by atoms with Crippen LogP contribution in [0.5, 0.6) is 0 Å². The molecule has 3 heterocycles. The summed E-state index contributed by atoms with van der Waals surface area (Å²) in [6, 6.07) is 13.4. The quantitative estimate of drug-likeness (QED) is 0.611. The SMILES string of the molecule is CC(C)(C)OC(=O)N1CCC[C@H](c2ccc(-c3ccc4c(Cl)cc(C(N)=O)n4n3)cc2)C1. The van der Waals surface area contributed by atoms with Crippen LogP contribution >= 0.6 is 11.6 Å². The van der Waals surface area contributed by atoms with Gasteiger partial charge < -0.3 is 15.4 Å². The van der Waals surface area contributed by atoms with Crippen LogP contribution < -0.4 is 5.73 Å². The Labute approximate surface area is 192 Å². The Morgan fingerprint density at radius 1 is 1.16 bits per heavy atom. The molecule has 0 radical (unpaired) electrons. The van der Waals surface area contributed by atoms with E-state index in [2.05, 4.69) is 17.2 Å². The van der Waals surface area contributed by atoms with Crippen LogP contribution in [0.25, 0.3) is 16.8 Å². The first-order valence-corrected chi connectivity index (χ1v) is 11.1. The van der Waals surface area contributed by atoms with Crippen LogP contribution in [-0.2, 0) is 4.74 Å². The zero-order valence-electron chi connectivity index (χ0n) is 18.5. The van der Waals surface area contributed by atoms with Gasteiger partial charge in [0.15, 0.2) is 0 Å². The van der Waals surface area contributed by atoms with Crippen LogP contribution in [0.2, 0.25) is 5.02 Å². The third-order valence-corrected chi connectivity index (χ3v) is 5.88. The molecule has 3 aromatic rings. The van der Waals surface area contributed by atoms with Crippen molar-refractivity contribution in [3.8, 4) is 11.3 Å². The minimum Gasteiger partial charge on any atom is -0.444 e. The molecule has 2 N–H and O–H groups in total. The zero-order valence-corrected chi connectivity index (χ0v) is 19.2. The van der Waals surface area contributed by atoms with Crippen molar-refractivity contribution in [2.24, 2.45) is 5.73 Å². The topological polar surface area (TPSA) is 89.9 Å². The average molecular weight is 455 g/mol. The summed E-state index contributed by atoms with van der Waals surface area (Å²) in [4.78, 5) is 26.0. The van der Waals surface area contributed by atoms with Gasteiger partial charge in [0.1, 0.15) is 11.3 Å². The van der Waals surface area contributed by atoms with Crippen LogP contribution in [0.3, 0.4) is 0 Å². The number of piperidine rings is 1. The predicted octanol–water partition coefficient (Wildman–Crippen LogP) is 4.87. The lowest BCUT2D eigenvalue weighted by molar-refractivity contribution is 0.0198. The van der Waals surface area contributed by atoms with E-state index in [1.807, 2.05) is 45.0 Å². The van der Waals surface area contributed by atoms with Gasteiger partial charge in [-0.1, -0.05) is 35.9 Å². The largest absolute Gasteiger partial charge is 0.444 e. The smallest absolute Gasteiger partial charge is 0.410 e. The Balaban J connectivity index is 1.54. The highest BCUT2D eigenvalue weighted by atomic mass is 35.5. The van der Waals surface area contributed by atoms with Crippen molar-refractivity contribution in [2.75, 3.05) is 13.1 Å². The van der Waals surface area contributed by atoms with Crippen molar-refractivity contribution >= 4 is 29.1 Å². The van der Waals surface area contributed by atoms with Crippen molar-refractivity contribution in [3.63, 3.8) is 0 Å². The zero-order chi connectivity index (χ0) is 23.0. The lowest BCUT2D eigenvalue weighted by Gasteiger charge is -2.34. The van der Waals surface area contributed by atoms with Gasteiger partial charge in [0.2, 0.25) is 0 Å². The number of carbonyl (C=O) groups excluding carboxylic acids is 2. The summed E-state index contributed by atoms with van der Waals surface area (Å²) in [5, 5.41) is 4.99. The maximum Gasteiger partial charge on any atom is 0.410 e. The number of hydrogen-bond acceptors (Lipinski definition) is 4. The lowest BCUT2D eigenvalue weighted by Crippen LogP contribution is -2.42. The average Bonchev–Trinajstić information content (AvgIpc) is 3.09. The lowest BCUT2D eigenvalue weighted by atomic mass is 9.90. The summed E-state index contributed by atoms with van der Waals surface area (Å²) in [7, 11) is 0. The highest BCUT2D eigenvalue weighted by Crippen LogP contribution is 2.30. The van der Waals surface area contributed by atoms with Crippen molar-refractivity contribution in [3.05, 3.63) is 58.7 Å². The molecular formula is C24H27ClN4O3. The molecule has 1 fully saturated rings. The number of nitrogens with zero attached hydrogens (tertiary/aromatic N) is 3. The first kappa shape index (κ1) is 22.1. The van der Waals surface area contributed by atoms with Crippen LogP contribution in [-0.4, -0.2) is 45.2 Å². The van der Waals surface area contributed by atoms with E-state index < -0.39 is 11.5 Å². The first-order chi connectivity index (χ1) is 15.1. The van der Waals surface area contributed by atoms with Gasteiger partial charge in [-0.3, -0.25) is 4.79 Å². The number of likely N-dealkylation sites (tertiary alicyclic amines) is 1. The molecule has 1 aliphatic heterocycles. The molecule has 0 unspecified atom stereocenters. The summed E-state index contributed by atoms with van der Waals surface area (Å²) >= 11 is 6.19. The van der Waals surface area contributed by atoms with E-state index in [1.54, 1.807) is 4.90 Å². The van der Waals surface area contributed by atoms with Gasteiger partial charge in [-0.05, 0) is 57.4 Å². The number of amides is 2. The van der Waals surface area contributed by atoms with Gasteiger partial charge in [0.25, 0.3) is 5.91 Å². The van der Waals surface area contributed by atoms with Gasteiger partial charge in [-0.25, -0.2) is 9.31 Å². The summed E-state index contributed by atoms with van der Waals surface area (Å²) in [5.74, 6) is -0.329. The predicted molar refractivity (Wildman–Crippen MR) is 124 cm³/mol. The number of carbonyl (C=O) groups is 2. The van der Waals surface area contributed by atoms with Gasteiger partial charge in [0, 0.05) is 24.6 Å². The van der Waals surface area contributed by atoms with Crippen LogP contribution in [0.15, 0.2) is 42.5 Å². The van der Waals surface area contributed by atoms with Crippen LogP contribution in [0.4, 0.5) is 4.79 Å². The molecular weight excluding hydrogens is 428 g/mol. The Bertz CT molecular complexity index is 1160. The van der Waals surface area contributed by atoms with Gasteiger partial charge >= 0.3 is 6.09 Å². The second kappa shape index (κ2) is 8.47. The third-order valence-electron chi connectivity index (χ3n) is 5.57. The van der Waals surface area contributed by atoms with Gasteiger partial charge in [-0.15, -0.1) is 0 Å². The molecule has 1 aromatic carbocycles. The monoisotopic (exact) mass is 454 g/mol. The van der Waals surface area contributed by atoms with Crippen molar-refractivity contribution in [1.82, 2.24) is 14.5 Å². The molecule has 2 aromatic heterocycles. The summed E-state index contributed by atoms with van der Waals surface area (Å²) in [6.45, 7) is 7.00. The number of nitrogens with two attached hydrogens (primary N) is 1. The summed E-state index contributed by atoms with van der Waals surface area (Å²) < 4.78 is 7.02. The molecule has 0 aliphatic carbocycles. The number of fused-ring (bicyclic) bond motifs is 1. The number of rotatable bonds is 3. The van der Waals surface area contributed by atoms with Crippen LogP contribution in [0, 0.1) is 0 Å². The Morgan fingerprint density at radius 3 is 2.53 bits per heavy atom. The molecule has 168 valence electrons. The fourth-order valence-electron chi connectivity index (χ4n) is 4.04. The van der Waals surface area contributed by atoms with Crippen molar-refractivity contribution < 1.29 is 14.3 Å². The minimum absolute atomic E-state index is 0.243. The molecule has 4 rings (SSSR count). The van der Waals surface area contributed by atoms with E-state index in [9.17, 15) is 9.59 Å². The number of ether oxygens (including phenoxy) is 1. The van der Waals surface area contributed by atoms with E-state index in [0.29, 0.717) is 22.8 Å². The number of benzene rings is 1. The molecule has 0 saturated carbocycles. The van der Waals surface area contributed by atoms with E-state index in [4.69, 9.17) is 22.1 Å². The molecule has 2 amide bonds. The van der Waals surface area contributed by atoms with E-state index in [1.165, 1.54) is 16.1 Å². The maximum atomic E-state index is 12.5. The Hall–Kier alpha value is -3.06. The van der Waals surface area contributed by atoms with Gasteiger partial charge in [-0.2, -0.15) is 5.10 Å². The normalized spacial score (nSPS) is 16.9. The van der Waals surface area contributed by atoms with E-state index >= 15 is 0 Å². The molecule has 0 bridgehead atoms. The number of primary amides is 1. The van der Waals surface area contributed by atoms with Crippen molar-refractivity contribution in [1.29, 1.82) is 0 Å². The van der Waals surface area contributed by atoms with Crippen molar-refractivity contribution in [2.45, 2.75) is 45.1 Å². The van der Waals surface area contributed by atoms with Crippen LogP contribution in [0.1, 0.15) is 55.6 Å². The summed E-state index contributed by atoms with van der Waals surface area (Å²) in [5.41, 5.74) is 8.62. The highest BCUT2D eigenvalue weighted by Gasteiger charge is 2.28. The molecule has 1 saturated heterocycles. The minimum atomic E-state index is -0.585. The standard InChI is InChI=1S/C24H27ClN4O3/c1-24(2,3)32-23(31)28-12-4-5-17(14-28)15-6-8-16(9-7-15)19-10-11-20-18(25)13-21(22(26)30)29(20)27-19/h6-11,13,17H,4-5,12,14H2,1-3H3,(H2,26,30)/t17-/m0/s1. The second-order valence-electron chi connectivity index (χ2n) is 9.14. The second-order valence-corrected chi connectivity index (χ2v) is 9.55. The fourth-order valence-corrected chi connectivity index (χ4v) is 4.29. The number of aromatic nitrogens is 2. The fraction of sp³-hybridized carbons (Fsp3) is 0.375. The highest BCUT2D eigenvalue weighted by molar-refractivity contribution is 6.34. The number of hydrogen-bond donors (Lipinski definition) is 1. The Kier molecular flexibility index (Phi) is 5.86. The first-order valence-electron chi connectivity index (χ1n) is 10.7. The molecule has 1 aliphatic rings. The molecule has 7 nitrogen and oxygen atoms in total. The number of halogens is 1. The summed E-state index contributed by atoms with van der Waals surface area (Å²) in [6.07, 6.45) is 1.70. The Morgan fingerprint density at radius 2 is 1.88 bits per heavy atom. The maximum absolute atomic E-state index is 12.5. The third kappa shape index (κ3) is 4.58. The van der Waals surface area contributed by atoms with E-state index in [-0.39, 0.29) is 17.7 Å². The van der Waals surface area contributed by atoms with E-state index in [0.717, 1.165) is 24.9 Å². The van der Waals surface area contributed by atoms with Gasteiger partial charge in [0.05, 0.1) is 16.2 Å². The molecule has 32 heavy (non-hydrogen) atoms. The molecule has 0 spiro atoms. The molecule has 8 heteroatoms. The molecule has 1 atom stereocenters.